The minimum Gasteiger partial charge on any atom is -0.309 e. The second-order valence-corrected chi connectivity index (χ2v) is 23.3. The van der Waals surface area contributed by atoms with Gasteiger partial charge >= 0.3 is 0 Å². The number of fused-ring (bicyclic) bond motifs is 6. The van der Waals surface area contributed by atoms with Gasteiger partial charge in [-0.05, 0) is 123 Å². The predicted molar refractivity (Wildman–Crippen MR) is 287 cm³/mol. The van der Waals surface area contributed by atoms with Crippen LogP contribution in [0.3, 0.4) is 0 Å². The van der Waals surface area contributed by atoms with Gasteiger partial charge in [0.1, 0.15) is 0 Å². The smallest absolute Gasteiger partial charge is 0.166 e. The lowest BCUT2D eigenvalue weighted by atomic mass is 9.85. The Balaban J connectivity index is 1.24. The van der Waals surface area contributed by atoms with Crippen LogP contribution < -0.4 is 0 Å². The van der Waals surface area contributed by atoms with Crippen LogP contribution in [0.1, 0.15) is 105 Å². The lowest BCUT2D eigenvalue weighted by Crippen LogP contribution is -2.10. The normalized spacial score (nSPS) is 12.9. The van der Waals surface area contributed by atoms with Crippen LogP contribution in [-0.2, 0) is 21.7 Å². The Hall–Kier alpha value is -6.37. The SMILES string of the molecule is CC(C)(C)c1ccc2c(c1)c1cc(C(C)(C)C)ccc1n2-c1ccccc1-c1nc(-c2ccccc2Br)nc(-c2ccccc2-n2c3ccc(C(C)(C)C)cc3c3cc(C(C)(C)C)ccc32)n1. The molecule has 0 spiro atoms. The van der Waals surface area contributed by atoms with Crippen LogP contribution in [0.2, 0.25) is 0 Å². The summed E-state index contributed by atoms with van der Waals surface area (Å²) >= 11 is 3.87. The molecule has 0 saturated carbocycles. The van der Waals surface area contributed by atoms with Gasteiger partial charge in [-0.2, -0.15) is 0 Å². The third-order valence-corrected chi connectivity index (χ3v) is 14.2. The number of halogens is 1. The van der Waals surface area contributed by atoms with E-state index in [1.54, 1.807) is 0 Å². The maximum absolute atomic E-state index is 5.51. The van der Waals surface area contributed by atoms with E-state index in [-0.39, 0.29) is 21.7 Å². The van der Waals surface area contributed by atoms with Crippen LogP contribution in [0, 0.1) is 0 Å². The average molecular weight is 943 g/mol. The van der Waals surface area contributed by atoms with Gasteiger partial charge in [-0.3, -0.25) is 0 Å². The number of rotatable bonds is 5. The molecule has 0 fully saturated rings. The fourth-order valence-electron chi connectivity index (χ4n) is 9.53. The van der Waals surface area contributed by atoms with Crippen molar-refractivity contribution in [3.8, 4) is 45.5 Å². The highest BCUT2D eigenvalue weighted by molar-refractivity contribution is 9.10. The number of hydrogen-bond acceptors (Lipinski definition) is 3. The minimum absolute atomic E-state index is 0.00813. The molecule has 0 aliphatic heterocycles. The van der Waals surface area contributed by atoms with Crippen molar-refractivity contribution >= 4 is 59.5 Å². The second kappa shape index (κ2) is 15.9. The molecule has 7 aromatic carbocycles. The van der Waals surface area contributed by atoms with Crippen LogP contribution in [0.15, 0.2) is 150 Å². The lowest BCUT2D eigenvalue weighted by molar-refractivity contribution is 0.590. The van der Waals surface area contributed by atoms with Crippen molar-refractivity contribution < 1.29 is 0 Å². The third-order valence-electron chi connectivity index (χ3n) is 13.5. The summed E-state index contributed by atoms with van der Waals surface area (Å²) < 4.78 is 5.73. The highest BCUT2D eigenvalue weighted by Gasteiger charge is 2.26. The Labute approximate surface area is 404 Å². The third kappa shape index (κ3) is 7.87. The lowest BCUT2D eigenvalue weighted by Gasteiger charge is -2.19. The molecule has 0 atom stereocenters. The molecule has 3 aromatic heterocycles. The minimum atomic E-state index is -0.00813. The zero-order valence-corrected chi connectivity index (χ0v) is 42.6. The number of para-hydroxylation sites is 2. The van der Waals surface area contributed by atoms with Gasteiger partial charge in [0, 0.05) is 42.7 Å². The quantitative estimate of drug-likeness (QED) is 0.173. The monoisotopic (exact) mass is 941 g/mol. The summed E-state index contributed by atoms with van der Waals surface area (Å²) in [6, 6.07) is 53.3. The highest BCUT2D eigenvalue weighted by Crippen LogP contribution is 2.43. The van der Waals surface area contributed by atoms with Crippen molar-refractivity contribution in [2.45, 2.75) is 105 Å². The zero-order valence-electron chi connectivity index (χ0n) is 41.0. The number of benzene rings is 7. The Morgan fingerprint density at radius 3 is 0.896 bits per heavy atom. The van der Waals surface area contributed by atoms with E-state index in [4.69, 9.17) is 15.0 Å². The van der Waals surface area contributed by atoms with Gasteiger partial charge in [0.05, 0.1) is 33.4 Å². The van der Waals surface area contributed by atoms with E-state index in [9.17, 15) is 0 Å². The first-order valence-electron chi connectivity index (χ1n) is 23.6. The first kappa shape index (κ1) is 44.5. The molecule has 67 heavy (non-hydrogen) atoms. The maximum atomic E-state index is 5.51. The van der Waals surface area contributed by atoms with Gasteiger partial charge in [0.15, 0.2) is 17.5 Å². The van der Waals surface area contributed by atoms with Crippen molar-refractivity contribution in [3.63, 3.8) is 0 Å². The van der Waals surface area contributed by atoms with E-state index in [0.717, 1.165) is 54.6 Å². The van der Waals surface area contributed by atoms with Crippen LogP contribution in [0.25, 0.3) is 89.2 Å². The average Bonchev–Trinajstić information content (AvgIpc) is 3.79. The molecule has 0 saturated heterocycles. The summed E-state index contributed by atoms with van der Waals surface area (Å²) in [6.07, 6.45) is 0. The summed E-state index contributed by atoms with van der Waals surface area (Å²) in [7, 11) is 0. The fourth-order valence-corrected chi connectivity index (χ4v) is 9.99. The molecule has 10 rings (SSSR count). The molecule has 0 amide bonds. The van der Waals surface area contributed by atoms with Crippen LogP contribution in [-0.4, -0.2) is 24.1 Å². The van der Waals surface area contributed by atoms with Crippen LogP contribution in [0.5, 0.6) is 0 Å². The first-order valence-corrected chi connectivity index (χ1v) is 24.3. The summed E-state index contributed by atoms with van der Waals surface area (Å²) in [6.45, 7) is 27.4. The number of aromatic nitrogens is 5. The summed E-state index contributed by atoms with van der Waals surface area (Å²) in [5, 5.41) is 4.94. The van der Waals surface area contributed by atoms with Crippen molar-refractivity contribution in [1.29, 1.82) is 0 Å². The molecule has 0 unspecified atom stereocenters. The van der Waals surface area contributed by atoms with E-state index in [0.29, 0.717) is 17.5 Å². The molecule has 336 valence electrons. The molecule has 0 aliphatic carbocycles. The van der Waals surface area contributed by atoms with Crippen molar-refractivity contribution in [3.05, 3.63) is 172 Å². The van der Waals surface area contributed by atoms with Crippen LogP contribution in [0.4, 0.5) is 0 Å². The number of hydrogen-bond donors (Lipinski definition) is 0. The van der Waals surface area contributed by atoms with E-state index >= 15 is 0 Å². The largest absolute Gasteiger partial charge is 0.309 e. The van der Waals surface area contributed by atoms with E-state index < -0.39 is 0 Å². The Morgan fingerprint density at radius 1 is 0.328 bits per heavy atom. The molecule has 0 bridgehead atoms. The van der Waals surface area contributed by atoms with Crippen molar-refractivity contribution in [2.24, 2.45) is 0 Å². The van der Waals surface area contributed by atoms with Gasteiger partial charge in [0.25, 0.3) is 0 Å². The topological polar surface area (TPSA) is 48.5 Å². The van der Waals surface area contributed by atoms with Gasteiger partial charge in [-0.1, -0.05) is 166 Å². The van der Waals surface area contributed by atoms with Gasteiger partial charge in [-0.15, -0.1) is 0 Å². The maximum Gasteiger partial charge on any atom is 0.166 e. The molecule has 0 N–H and O–H groups in total. The molecule has 3 heterocycles. The van der Waals surface area contributed by atoms with Gasteiger partial charge in [0.2, 0.25) is 0 Å². The Bertz CT molecular complexity index is 3220. The number of nitrogens with zero attached hydrogens (tertiary/aromatic N) is 5. The highest BCUT2D eigenvalue weighted by atomic mass is 79.9. The van der Waals surface area contributed by atoms with Crippen LogP contribution >= 0.6 is 15.9 Å². The predicted octanol–water partition coefficient (Wildman–Crippen LogP) is 17.0. The Kier molecular flexibility index (Phi) is 10.5. The standard InChI is InChI=1S/C61H60BrN5/c1-58(2,3)37-25-29-51-44(33-37)45-34-38(59(4,5)6)26-30-52(45)66(51)49-23-17-14-20-42(49)56-63-55(41-19-13-16-22-48(41)62)64-57(65-56)43-21-15-18-24-50(43)67-53-31-27-39(60(7,8)9)35-46(53)47-36-40(61(10,11)12)28-32-54(47)67/h13-36H,1-12H3. The van der Waals surface area contributed by atoms with Gasteiger partial charge in [-0.25, -0.2) is 15.0 Å². The summed E-state index contributed by atoms with van der Waals surface area (Å²) in [4.78, 5) is 16.2. The van der Waals surface area contributed by atoms with Crippen molar-refractivity contribution in [2.75, 3.05) is 0 Å². The second-order valence-electron chi connectivity index (χ2n) is 22.4. The van der Waals surface area contributed by atoms with E-state index in [1.807, 2.05) is 18.2 Å². The molecular weight excluding hydrogens is 883 g/mol. The van der Waals surface area contributed by atoms with E-state index in [1.165, 1.54) is 43.8 Å². The molecule has 0 aliphatic rings. The summed E-state index contributed by atoms with van der Waals surface area (Å²) in [5.41, 5.74) is 14.5. The molecular formula is C61H60BrN5. The first-order chi connectivity index (χ1) is 31.7. The van der Waals surface area contributed by atoms with Gasteiger partial charge < -0.3 is 9.13 Å². The molecule has 6 heteroatoms. The van der Waals surface area contributed by atoms with Crippen molar-refractivity contribution in [1.82, 2.24) is 24.1 Å². The fraction of sp³-hybridized carbons (Fsp3) is 0.262. The molecule has 10 aromatic rings. The van der Waals surface area contributed by atoms with E-state index in [2.05, 4.69) is 236 Å². The zero-order chi connectivity index (χ0) is 47.4. The summed E-state index contributed by atoms with van der Waals surface area (Å²) in [5.74, 6) is 1.79. The Morgan fingerprint density at radius 2 is 0.597 bits per heavy atom. The molecule has 0 radical (unpaired) electrons. The molecule has 5 nitrogen and oxygen atoms in total.